The molecule has 3 nitrogen and oxygen atoms in total. The Morgan fingerprint density at radius 2 is 1.88 bits per heavy atom. The molecule has 1 unspecified atom stereocenters. The molecule has 0 aliphatic carbocycles. The maximum Gasteiger partial charge on any atom is 0.159 e. The van der Waals surface area contributed by atoms with Crippen molar-refractivity contribution in [1.82, 2.24) is 10.2 Å². The lowest BCUT2D eigenvalue weighted by Gasteiger charge is -2.25. The molecule has 0 aliphatic heterocycles. The van der Waals surface area contributed by atoms with Gasteiger partial charge in [-0.2, -0.15) is 0 Å². The number of hydrogen-bond acceptors (Lipinski definition) is 3. The molecule has 2 rings (SSSR count). The standard InChI is InChI=1S/C13H16ClN3/c1-4-9(2)17(3)13-11-8-6-5-7-10(11)12(14)15-16-13/h5-9H,4H2,1-3H3. The van der Waals surface area contributed by atoms with E-state index in [-0.39, 0.29) is 0 Å². The van der Waals surface area contributed by atoms with E-state index in [0.29, 0.717) is 11.2 Å². The van der Waals surface area contributed by atoms with Crippen LogP contribution in [0.5, 0.6) is 0 Å². The van der Waals surface area contributed by atoms with Gasteiger partial charge in [0, 0.05) is 23.9 Å². The highest BCUT2D eigenvalue weighted by Gasteiger charge is 2.14. The number of benzene rings is 1. The summed E-state index contributed by atoms with van der Waals surface area (Å²) in [6, 6.07) is 8.38. The minimum Gasteiger partial charge on any atom is -0.355 e. The number of fused-ring (bicyclic) bond motifs is 1. The molecule has 17 heavy (non-hydrogen) atoms. The monoisotopic (exact) mass is 249 g/mol. The van der Waals surface area contributed by atoms with Crippen molar-refractivity contribution in [3.63, 3.8) is 0 Å². The van der Waals surface area contributed by atoms with Gasteiger partial charge in [-0.3, -0.25) is 0 Å². The second-order valence-corrected chi connectivity index (χ2v) is 4.59. The van der Waals surface area contributed by atoms with Crippen LogP contribution in [0.4, 0.5) is 5.82 Å². The molecule has 0 saturated heterocycles. The van der Waals surface area contributed by atoms with Crippen molar-refractivity contribution in [3.05, 3.63) is 29.4 Å². The highest BCUT2D eigenvalue weighted by Crippen LogP contribution is 2.28. The summed E-state index contributed by atoms with van der Waals surface area (Å²) in [4.78, 5) is 2.14. The summed E-state index contributed by atoms with van der Waals surface area (Å²) in [5, 5.41) is 10.7. The maximum atomic E-state index is 6.06. The molecule has 0 bridgehead atoms. The minimum absolute atomic E-state index is 0.425. The van der Waals surface area contributed by atoms with Crippen molar-refractivity contribution >= 4 is 28.2 Å². The molecule has 0 amide bonds. The van der Waals surface area contributed by atoms with Crippen LogP contribution in [0, 0.1) is 0 Å². The molecular weight excluding hydrogens is 234 g/mol. The quantitative estimate of drug-likeness (QED) is 0.834. The molecule has 0 N–H and O–H groups in total. The van der Waals surface area contributed by atoms with E-state index < -0.39 is 0 Å². The van der Waals surface area contributed by atoms with Crippen molar-refractivity contribution in [2.75, 3.05) is 11.9 Å². The van der Waals surface area contributed by atoms with E-state index in [9.17, 15) is 0 Å². The molecule has 90 valence electrons. The van der Waals surface area contributed by atoms with Crippen molar-refractivity contribution in [2.45, 2.75) is 26.3 Å². The normalized spacial score (nSPS) is 12.7. The predicted octanol–water partition coefficient (Wildman–Crippen LogP) is 3.52. The summed E-state index contributed by atoms with van der Waals surface area (Å²) < 4.78 is 0. The molecule has 1 aromatic carbocycles. The average Bonchev–Trinajstić information content (AvgIpc) is 2.38. The lowest BCUT2D eigenvalue weighted by atomic mass is 10.1. The van der Waals surface area contributed by atoms with Crippen LogP contribution < -0.4 is 4.90 Å². The highest BCUT2D eigenvalue weighted by molar-refractivity contribution is 6.34. The Hall–Kier alpha value is -1.35. The van der Waals surface area contributed by atoms with Crippen LogP contribution in [0.25, 0.3) is 10.8 Å². The summed E-state index contributed by atoms with van der Waals surface area (Å²) in [7, 11) is 2.04. The predicted molar refractivity (Wildman–Crippen MR) is 72.7 cm³/mol. The van der Waals surface area contributed by atoms with Crippen LogP contribution in [0.2, 0.25) is 5.15 Å². The van der Waals surface area contributed by atoms with Gasteiger partial charge in [0.1, 0.15) is 0 Å². The second-order valence-electron chi connectivity index (χ2n) is 4.23. The van der Waals surface area contributed by atoms with Crippen molar-refractivity contribution in [1.29, 1.82) is 0 Å². The molecule has 1 heterocycles. The molecule has 4 heteroatoms. The first-order valence-electron chi connectivity index (χ1n) is 5.79. The number of hydrogen-bond donors (Lipinski definition) is 0. The fraction of sp³-hybridized carbons (Fsp3) is 0.385. The number of aromatic nitrogens is 2. The molecule has 0 spiro atoms. The van der Waals surface area contributed by atoms with E-state index in [1.807, 2.05) is 31.3 Å². The second kappa shape index (κ2) is 4.88. The van der Waals surface area contributed by atoms with E-state index in [0.717, 1.165) is 23.0 Å². The lowest BCUT2D eigenvalue weighted by Crippen LogP contribution is -2.29. The number of anilines is 1. The summed E-state index contributed by atoms with van der Waals surface area (Å²) in [6.07, 6.45) is 1.06. The third-order valence-corrected chi connectivity index (χ3v) is 3.49. The molecule has 1 aromatic heterocycles. The Kier molecular flexibility index (Phi) is 3.48. The van der Waals surface area contributed by atoms with Gasteiger partial charge in [-0.1, -0.05) is 42.8 Å². The smallest absolute Gasteiger partial charge is 0.159 e. The minimum atomic E-state index is 0.425. The molecule has 0 fully saturated rings. The zero-order valence-electron chi connectivity index (χ0n) is 10.3. The van der Waals surface area contributed by atoms with Gasteiger partial charge in [-0.15, -0.1) is 10.2 Å². The van der Waals surface area contributed by atoms with Gasteiger partial charge in [0.2, 0.25) is 0 Å². The first-order valence-corrected chi connectivity index (χ1v) is 6.16. The lowest BCUT2D eigenvalue weighted by molar-refractivity contribution is 0.655. The Morgan fingerprint density at radius 1 is 1.24 bits per heavy atom. The number of nitrogens with zero attached hydrogens (tertiary/aromatic N) is 3. The van der Waals surface area contributed by atoms with Gasteiger partial charge in [0.25, 0.3) is 0 Å². The third-order valence-electron chi connectivity index (χ3n) is 3.21. The number of rotatable bonds is 3. The van der Waals surface area contributed by atoms with Gasteiger partial charge in [0.05, 0.1) is 0 Å². The molecule has 0 aliphatic rings. The molecule has 0 saturated carbocycles. The van der Waals surface area contributed by atoms with Gasteiger partial charge >= 0.3 is 0 Å². The summed E-state index contributed by atoms with van der Waals surface area (Å²) in [5.41, 5.74) is 0. The molecule has 2 aromatic rings. The van der Waals surface area contributed by atoms with E-state index in [2.05, 4.69) is 28.9 Å². The van der Waals surface area contributed by atoms with Crippen LogP contribution in [0.15, 0.2) is 24.3 Å². The van der Waals surface area contributed by atoms with E-state index in [4.69, 9.17) is 11.6 Å². The van der Waals surface area contributed by atoms with Gasteiger partial charge in [-0.05, 0) is 13.3 Å². The van der Waals surface area contributed by atoms with Crippen LogP contribution in [-0.4, -0.2) is 23.3 Å². The van der Waals surface area contributed by atoms with E-state index in [1.54, 1.807) is 0 Å². The first kappa shape index (κ1) is 12.1. The van der Waals surface area contributed by atoms with Crippen molar-refractivity contribution < 1.29 is 0 Å². The van der Waals surface area contributed by atoms with E-state index >= 15 is 0 Å². The van der Waals surface area contributed by atoms with E-state index in [1.165, 1.54) is 0 Å². The fourth-order valence-corrected chi connectivity index (χ4v) is 2.00. The van der Waals surface area contributed by atoms with Crippen LogP contribution in [0.1, 0.15) is 20.3 Å². The zero-order chi connectivity index (χ0) is 12.4. The largest absolute Gasteiger partial charge is 0.355 e. The van der Waals surface area contributed by atoms with Gasteiger partial charge < -0.3 is 4.90 Å². The van der Waals surface area contributed by atoms with Gasteiger partial charge in [0.15, 0.2) is 11.0 Å². The Bertz CT molecular complexity index is 527. The average molecular weight is 250 g/mol. The van der Waals surface area contributed by atoms with Crippen molar-refractivity contribution in [3.8, 4) is 0 Å². The van der Waals surface area contributed by atoms with Crippen LogP contribution in [0.3, 0.4) is 0 Å². The molecule has 0 radical (unpaired) electrons. The fourth-order valence-electron chi connectivity index (χ4n) is 1.80. The Labute approximate surface area is 106 Å². The first-order chi connectivity index (χ1) is 8.15. The summed E-state index contributed by atoms with van der Waals surface area (Å²) >= 11 is 6.06. The Morgan fingerprint density at radius 3 is 2.53 bits per heavy atom. The van der Waals surface area contributed by atoms with Gasteiger partial charge in [-0.25, -0.2) is 0 Å². The Balaban J connectivity index is 2.59. The zero-order valence-corrected chi connectivity index (χ0v) is 11.1. The SMILES string of the molecule is CCC(C)N(C)c1nnc(Cl)c2ccccc12. The summed E-state index contributed by atoms with van der Waals surface area (Å²) in [5.74, 6) is 0.888. The van der Waals surface area contributed by atoms with Crippen LogP contribution >= 0.6 is 11.6 Å². The summed E-state index contributed by atoms with van der Waals surface area (Å²) in [6.45, 7) is 4.33. The highest BCUT2D eigenvalue weighted by atomic mass is 35.5. The van der Waals surface area contributed by atoms with Crippen molar-refractivity contribution in [2.24, 2.45) is 0 Å². The maximum absolute atomic E-state index is 6.06. The third kappa shape index (κ3) is 2.20. The molecule has 1 atom stereocenters. The molecular formula is C13H16ClN3. The number of halogens is 1. The topological polar surface area (TPSA) is 29.0 Å². The van der Waals surface area contributed by atoms with Crippen LogP contribution in [-0.2, 0) is 0 Å².